The molecule has 0 aliphatic rings. The second kappa shape index (κ2) is 6.15. The number of carbonyl (C=O) groups is 1. The molecule has 0 aliphatic carbocycles. The Morgan fingerprint density at radius 1 is 1.76 bits per heavy atom. The lowest BCUT2D eigenvalue weighted by molar-refractivity contribution is 0.0936. The zero-order chi connectivity index (χ0) is 12.8. The minimum Gasteiger partial charge on any atom is -0.452 e. The zero-order valence-corrected chi connectivity index (χ0v) is 10.1. The number of nitrogens with two attached hydrogens (primary N) is 1. The van der Waals surface area contributed by atoms with Gasteiger partial charge < -0.3 is 20.7 Å². The second-order valence-corrected chi connectivity index (χ2v) is 3.83. The van der Waals surface area contributed by atoms with Crippen LogP contribution in [-0.2, 0) is 0 Å². The van der Waals surface area contributed by atoms with Gasteiger partial charge in [-0.1, -0.05) is 12.1 Å². The molecule has 1 unspecified atom stereocenters. The molecule has 7 heteroatoms. The molecule has 0 bridgehead atoms. The van der Waals surface area contributed by atoms with E-state index >= 15 is 0 Å². The largest absolute Gasteiger partial charge is 0.452 e. The highest BCUT2D eigenvalue weighted by Crippen LogP contribution is 2.16. The third-order valence-corrected chi connectivity index (χ3v) is 2.57. The van der Waals surface area contributed by atoms with Crippen molar-refractivity contribution in [3.8, 4) is 0 Å². The molecule has 1 atom stereocenters. The quantitative estimate of drug-likeness (QED) is 0.323. The second-order valence-electron chi connectivity index (χ2n) is 3.48. The minimum absolute atomic E-state index is 0.0427. The van der Waals surface area contributed by atoms with Crippen LogP contribution in [-0.4, -0.2) is 23.0 Å². The Hall–Kier alpha value is -1.69. The van der Waals surface area contributed by atoms with Crippen molar-refractivity contribution in [2.45, 2.75) is 25.8 Å². The lowest BCUT2D eigenvalue weighted by atomic mass is 10.1. The normalized spacial score (nSPS) is 13.4. The minimum atomic E-state index is -0.346. The molecule has 6 nitrogen and oxygen atoms in total. The highest BCUT2D eigenvalue weighted by Gasteiger charge is 2.17. The van der Waals surface area contributed by atoms with Gasteiger partial charge >= 0.3 is 0 Å². The number of nitrogens with one attached hydrogen (secondary N) is 1. The Kier molecular flexibility index (Phi) is 4.84. The maximum Gasteiger partial charge on any atom is 0.256 e. The van der Waals surface area contributed by atoms with Gasteiger partial charge in [0.1, 0.15) is 5.84 Å². The Bertz CT molecular complexity index is 417. The summed E-state index contributed by atoms with van der Waals surface area (Å²) in [7, 11) is 0. The van der Waals surface area contributed by atoms with E-state index in [-0.39, 0.29) is 35.0 Å². The van der Waals surface area contributed by atoms with Gasteiger partial charge in [-0.25, -0.2) is 0 Å². The summed E-state index contributed by atoms with van der Waals surface area (Å²) in [6, 6.07) is 1.26. The molecule has 1 rings (SSSR count). The fourth-order valence-electron chi connectivity index (χ4n) is 1.31. The number of carbonyl (C=O) groups excluding carboxylic acids is 1. The summed E-state index contributed by atoms with van der Waals surface area (Å²) in [5.41, 5.74) is 5.65. The first-order valence-electron chi connectivity index (χ1n) is 5.08. The van der Waals surface area contributed by atoms with Crippen molar-refractivity contribution in [3.05, 3.63) is 23.1 Å². The van der Waals surface area contributed by atoms with Crippen molar-refractivity contribution in [1.82, 2.24) is 5.32 Å². The number of hydrogen-bond donors (Lipinski definition) is 3. The smallest absolute Gasteiger partial charge is 0.256 e. The van der Waals surface area contributed by atoms with Crippen molar-refractivity contribution >= 4 is 23.3 Å². The number of hydrogen-bond acceptors (Lipinski definition) is 4. The maximum absolute atomic E-state index is 11.8. The molecule has 1 heterocycles. The van der Waals surface area contributed by atoms with Crippen LogP contribution in [0.25, 0.3) is 0 Å². The van der Waals surface area contributed by atoms with Crippen molar-refractivity contribution in [2.24, 2.45) is 10.9 Å². The molecule has 0 saturated carbocycles. The molecule has 0 fully saturated rings. The van der Waals surface area contributed by atoms with Gasteiger partial charge in [0.05, 0.1) is 11.8 Å². The zero-order valence-electron chi connectivity index (χ0n) is 9.31. The number of halogens is 1. The van der Waals surface area contributed by atoms with Gasteiger partial charge in [-0.15, -0.1) is 0 Å². The molecule has 1 amide bonds. The van der Waals surface area contributed by atoms with Gasteiger partial charge in [0.2, 0.25) is 5.22 Å². The van der Waals surface area contributed by atoms with E-state index in [0.717, 1.165) is 0 Å². The topological polar surface area (TPSA) is 101 Å². The molecule has 4 N–H and O–H groups in total. The van der Waals surface area contributed by atoms with E-state index in [4.69, 9.17) is 27.0 Å². The van der Waals surface area contributed by atoms with Gasteiger partial charge in [0.25, 0.3) is 5.91 Å². The fourth-order valence-corrected chi connectivity index (χ4v) is 1.51. The molecule has 17 heavy (non-hydrogen) atoms. The number of amides is 1. The van der Waals surface area contributed by atoms with E-state index in [9.17, 15) is 4.79 Å². The number of nitrogens with zero attached hydrogens (tertiary/aromatic N) is 1. The number of rotatable bonds is 5. The molecule has 0 spiro atoms. The maximum atomic E-state index is 11.8. The van der Waals surface area contributed by atoms with Crippen molar-refractivity contribution in [2.75, 3.05) is 0 Å². The Morgan fingerprint density at radius 2 is 2.47 bits per heavy atom. The Labute approximate surface area is 103 Å². The van der Waals surface area contributed by atoms with Gasteiger partial charge in [-0.05, 0) is 24.1 Å². The molecule has 94 valence electrons. The van der Waals surface area contributed by atoms with E-state index in [0.29, 0.717) is 6.42 Å². The molecule has 0 radical (unpaired) electrons. The van der Waals surface area contributed by atoms with Crippen LogP contribution in [0.3, 0.4) is 0 Å². The molecule has 0 aromatic carbocycles. The summed E-state index contributed by atoms with van der Waals surface area (Å²) in [6.07, 6.45) is 2.26. The Morgan fingerprint density at radius 3 is 2.94 bits per heavy atom. The van der Waals surface area contributed by atoms with Crippen molar-refractivity contribution in [3.63, 3.8) is 0 Å². The number of amidine groups is 1. The summed E-state index contributed by atoms with van der Waals surface area (Å²) in [5.74, 6) is -0.281. The van der Waals surface area contributed by atoms with E-state index in [1.165, 1.54) is 12.3 Å². The summed E-state index contributed by atoms with van der Waals surface area (Å²) in [4.78, 5) is 11.8. The standard InChI is InChI=1S/C10H14ClN3O3/c1-2-6(5-8(12)14-16)13-10(15)7-3-4-17-9(7)11/h3-4,6,16H,2,5H2,1H3,(H2,12,14)(H,13,15). The average Bonchev–Trinajstić information content (AvgIpc) is 2.74. The number of furan rings is 1. The van der Waals surface area contributed by atoms with Gasteiger partial charge in [0.15, 0.2) is 0 Å². The Balaban J connectivity index is 2.63. The summed E-state index contributed by atoms with van der Waals surface area (Å²) >= 11 is 5.68. The SMILES string of the molecule is CCC(C/C(N)=N/O)NC(=O)c1ccoc1Cl. The van der Waals surface area contributed by atoms with E-state index < -0.39 is 0 Å². The third kappa shape index (κ3) is 3.67. The van der Waals surface area contributed by atoms with E-state index in [2.05, 4.69) is 10.5 Å². The predicted molar refractivity (Wildman–Crippen MR) is 63.3 cm³/mol. The monoisotopic (exact) mass is 259 g/mol. The van der Waals surface area contributed by atoms with Gasteiger partial charge in [-0.2, -0.15) is 0 Å². The highest BCUT2D eigenvalue weighted by molar-refractivity contribution is 6.32. The average molecular weight is 260 g/mol. The van der Waals surface area contributed by atoms with Crippen LogP contribution in [0.15, 0.2) is 21.9 Å². The third-order valence-electron chi connectivity index (χ3n) is 2.27. The summed E-state index contributed by atoms with van der Waals surface area (Å²) < 4.78 is 4.82. The highest BCUT2D eigenvalue weighted by atomic mass is 35.5. The van der Waals surface area contributed by atoms with Crippen LogP contribution in [0.5, 0.6) is 0 Å². The first-order chi connectivity index (χ1) is 8.08. The van der Waals surface area contributed by atoms with Crippen LogP contribution in [0.2, 0.25) is 5.22 Å². The van der Waals surface area contributed by atoms with E-state index in [1.54, 1.807) is 0 Å². The fraction of sp³-hybridized carbons (Fsp3) is 0.400. The lowest BCUT2D eigenvalue weighted by Crippen LogP contribution is -2.37. The van der Waals surface area contributed by atoms with Gasteiger partial charge in [0, 0.05) is 12.5 Å². The summed E-state index contributed by atoms with van der Waals surface area (Å²) in [6.45, 7) is 1.88. The van der Waals surface area contributed by atoms with E-state index in [1.807, 2.05) is 6.92 Å². The van der Waals surface area contributed by atoms with Crippen molar-refractivity contribution in [1.29, 1.82) is 0 Å². The van der Waals surface area contributed by atoms with Crippen LogP contribution < -0.4 is 11.1 Å². The van der Waals surface area contributed by atoms with Crippen LogP contribution in [0, 0.1) is 0 Å². The number of oxime groups is 1. The molecular formula is C10H14ClN3O3. The first kappa shape index (κ1) is 13.4. The van der Waals surface area contributed by atoms with Crippen molar-refractivity contribution < 1.29 is 14.4 Å². The molecule has 1 aromatic heterocycles. The predicted octanol–water partition coefficient (Wildman–Crippen LogP) is 1.58. The first-order valence-corrected chi connectivity index (χ1v) is 5.46. The lowest BCUT2D eigenvalue weighted by Gasteiger charge is -2.15. The van der Waals surface area contributed by atoms with Crippen LogP contribution in [0.1, 0.15) is 30.1 Å². The van der Waals surface area contributed by atoms with Crippen LogP contribution in [0.4, 0.5) is 0 Å². The molecule has 0 aliphatic heterocycles. The summed E-state index contributed by atoms with van der Waals surface area (Å²) in [5, 5.41) is 14.1. The van der Waals surface area contributed by atoms with Crippen LogP contribution >= 0.6 is 11.6 Å². The molecule has 1 aromatic rings. The van der Waals surface area contributed by atoms with Gasteiger partial charge in [-0.3, -0.25) is 4.79 Å². The molecule has 0 saturated heterocycles. The molecular weight excluding hydrogens is 246 g/mol.